The summed E-state index contributed by atoms with van der Waals surface area (Å²) in [6.07, 6.45) is -2.04. The van der Waals surface area contributed by atoms with Crippen molar-refractivity contribution in [1.82, 2.24) is 0 Å². The van der Waals surface area contributed by atoms with Gasteiger partial charge in [-0.1, -0.05) is 38.4 Å². The highest BCUT2D eigenvalue weighted by atomic mass is 35.5. The lowest BCUT2D eigenvalue weighted by molar-refractivity contribution is -0.138. The molecule has 0 radical (unpaired) electrons. The van der Waals surface area contributed by atoms with Crippen molar-refractivity contribution in [3.05, 3.63) is 33.8 Å². The molecule has 0 aliphatic heterocycles. The number of hydrogen-bond donors (Lipinski definition) is 1. The highest BCUT2D eigenvalue weighted by molar-refractivity contribution is 6.31. The molecule has 0 saturated heterocycles. The lowest BCUT2D eigenvalue weighted by atomic mass is 9.82. The number of benzene rings is 1. The third kappa shape index (κ3) is 4.38. The SMILES string of the molecule is CC(C)(C)c1cc(CCCCN)cc(Cl)c1C(F)(F)F. The molecule has 0 unspecified atom stereocenters. The Bertz CT molecular complexity index is 461. The van der Waals surface area contributed by atoms with Crippen LogP contribution in [0.3, 0.4) is 0 Å². The van der Waals surface area contributed by atoms with Crippen LogP contribution in [0.15, 0.2) is 12.1 Å². The van der Waals surface area contributed by atoms with E-state index in [9.17, 15) is 13.2 Å². The number of unbranched alkanes of at least 4 members (excludes halogenated alkanes) is 1. The molecule has 5 heteroatoms. The minimum absolute atomic E-state index is 0.215. The lowest BCUT2D eigenvalue weighted by Gasteiger charge is -2.26. The lowest BCUT2D eigenvalue weighted by Crippen LogP contribution is -2.20. The first kappa shape index (κ1) is 17.3. The van der Waals surface area contributed by atoms with Gasteiger partial charge in [0.2, 0.25) is 0 Å². The quantitative estimate of drug-likeness (QED) is 0.784. The highest BCUT2D eigenvalue weighted by Gasteiger charge is 2.38. The smallest absolute Gasteiger partial charge is 0.330 e. The summed E-state index contributed by atoms with van der Waals surface area (Å²) < 4.78 is 39.5. The van der Waals surface area contributed by atoms with Gasteiger partial charge < -0.3 is 5.73 Å². The Morgan fingerprint density at radius 2 is 1.70 bits per heavy atom. The fourth-order valence-corrected chi connectivity index (χ4v) is 2.51. The van der Waals surface area contributed by atoms with Crippen molar-refractivity contribution >= 4 is 11.6 Å². The van der Waals surface area contributed by atoms with Crippen molar-refractivity contribution in [3.63, 3.8) is 0 Å². The Hall–Kier alpha value is -0.740. The van der Waals surface area contributed by atoms with E-state index in [2.05, 4.69) is 0 Å². The fraction of sp³-hybridized carbons (Fsp3) is 0.600. The van der Waals surface area contributed by atoms with Gasteiger partial charge in [0.25, 0.3) is 0 Å². The first-order valence-electron chi connectivity index (χ1n) is 6.67. The van der Waals surface area contributed by atoms with Gasteiger partial charge in [0.15, 0.2) is 0 Å². The molecule has 0 amide bonds. The van der Waals surface area contributed by atoms with Gasteiger partial charge in [0.05, 0.1) is 10.6 Å². The average molecular weight is 308 g/mol. The predicted octanol–water partition coefficient (Wildman–Crippen LogP) is 4.94. The summed E-state index contributed by atoms with van der Waals surface area (Å²) in [4.78, 5) is 0. The van der Waals surface area contributed by atoms with Gasteiger partial charge in [0, 0.05) is 0 Å². The standard InChI is InChI=1S/C15H21ClF3N/c1-14(2,3)11-8-10(6-4-5-7-20)9-12(16)13(11)15(17,18)19/h8-9H,4-7,20H2,1-3H3. The maximum Gasteiger partial charge on any atom is 0.418 e. The second kappa shape index (κ2) is 6.35. The van der Waals surface area contributed by atoms with Crippen molar-refractivity contribution in [1.29, 1.82) is 0 Å². The van der Waals surface area contributed by atoms with Crippen LogP contribution in [0.1, 0.15) is 50.3 Å². The Morgan fingerprint density at radius 1 is 1.10 bits per heavy atom. The Balaban J connectivity index is 3.27. The van der Waals surface area contributed by atoms with Crippen LogP contribution in [-0.2, 0) is 18.0 Å². The molecule has 0 bridgehead atoms. The molecule has 1 aromatic carbocycles. The molecule has 0 heterocycles. The molecule has 0 saturated carbocycles. The van der Waals surface area contributed by atoms with Gasteiger partial charge in [0.1, 0.15) is 0 Å². The van der Waals surface area contributed by atoms with E-state index >= 15 is 0 Å². The molecule has 0 fully saturated rings. The Labute approximate surface area is 123 Å². The number of rotatable bonds is 4. The molecular weight excluding hydrogens is 287 g/mol. The molecule has 1 aromatic rings. The molecule has 0 aromatic heterocycles. The average Bonchev–Trinajstić information content (AvgIpc) is 2.25. The number of nitrogens with two attached hydrogens (primary N) is 1. The van der Waals surface area contributed by atoms with Crippen molar-refractivity contribution in [2.45, 2.75) is 51.6 Å². The minimum Gasteiger partial charge on any atom is -0.330 e. The molecule has 1 nitrogen and oxygen atoms in total. The summed E-state index contributed by atoms with van der Waals surface area (Å²) in [6.45, 7) is 5.87. The van der Waals surface area contributed by atoms with Gasteiger partial charge in [-0.15, -0.1) is 0 Å². The highest BCUT2D eigenvalue weighted by Crippen LogP contribution is 2.42. The maximum absolute atomic E-state index is 13.2. The minimum atomic E-state index is -4.44. The fourth-order valence-electron chi connectivity index (χ4n) is 2.16. The van der Waals surface area contributed by atoms with Gasteiger partial charge in [-0.05, 0) is 48.4 Å². The summed E-state index contributed by atoms with van der Waals surface area (Å²) in [5.41, 5.74) is 5.19. The van der Waals surface area contributed by atoms with E-state index in [-0.39, 0.29) is 10.6 Å². The largest absolute Gasteiger partial charge is 0.418 e. The Morgan fingerprint density at radius 3 is 2.15 bits per heavy atom. The van der Waals surface area contributed by atoms with E-state index in [0.29, 0.717) is 13.0 Å². The van der Waals surface area contributed by atoms with E-state index < -0.39 is 17.2 Å². The third-order valence-corrected chi connectivity index (χ3v) is 3.46. The number of aryl methyl sites for hydroxylation is 1. The predicted molar refractivity (Wildman–Crippen MR) is 77.1 cm³/mol. The zero-order chi connectivity index (χ0) is 15.6. The van der Waals surface area contributed by atoms with Crippen molar-refractivity contribution in [2.75, 3.05) is 6.54 Å². The maximum atomic E-state index is 13.2. The molecular formula is C15H21ClF3N. The first-order chi connectivity index (χ1) is 9.07. The topological polar surface area (TPSA) is 26.0 Å². The molecule has 20 heavy (non-hydrogen) atoms. The molecule has 0 spiro atoms. The molecule has 1 rings (SSSR count). The van der Waals surface area contributed by atoms with E-state index in [4.69, 9.17) is 17.3 Å². The molecule has 114 valence electrons. The molecule has 2 N–H and O–H groups in total. The second-order valence-electron chi connectivity index (χ2n) is 5.99. The zero-order valence-electron chi connectivity index (χ0n) is 12.1. The van der Waals surface area contributed by atoms with Crippen LogP contribution in [0, 0.1) is 0 Å². The molecule has 0 aliphatic rings. The summed E-state index contributed by atoms with van der Waals surface area (Å²) >= 11 is 5.89. The van der Waals surface area contributed by atoms with Gasteiger partial charge in [-0.3, -0.25) is 0 Å². The first-order valence-corrected chi connectivity index (χ1v) is 7.05. The summed E-state index contributed by atoms with van der Waals surface area (Å²) in [5, 5.41) is -0.215. The van der Waals surface area contributed by atoms with E-state index in [1.165, 1.54) is 6.07 Å². The van der Waals surface area contributed by atoms with Crippen LogP contribution in [-0.4, -0.2) is 6.54 Å². The van der Waals surface area contributed by atoms with Crippen molar-refractivity contribution in [3.8, 4) is 0 Å². The van der Waals surface area contributed by atoms with E-state index in [0.717, 1.165) is 18.4 Å². The Kier molecular flexibility index (Phi) is 5.50. The van der Waals surface area contributed by atoms with Gasteiger partial charge >= 0.3 is 6.18 Å². The number of halogens is 4. The van der Waals surface area contributed by atoms with Crippen LogP contribution in [0.5, 0.6) is 0 Å². The summed E-state index contributed by atoms with van der Waals surface area (Å²) in [5.74, 6) is 0. The van der Waals surface area contributed by atoms with E-state index in [1.807, 2.05) is 0 Å². The third-order valence-electron chi connectivity index (χ3n) is 3.16. The zero-order valence-corrected chi connectivity index (χ0v) is 12.8. The van der Waals surface area contributed by atoms with Crippen LogP contribution >= 0.6 is 11.6 Å². The molecule has 0 atom stereocenters. The van der Waals surface area contributed by atoms with Gasteiger partial charge in [-0.25, -0.2) is 0 Å². The molecule has 0 aliphatic carbocycles. The number of hydrogen-bond acceptors (Lipinski definition) is 1. The van der Waals surface area contributed by atoms with Crippen LogP contribution in [0.25, 0.3) is 0 Å². The summed E-state index contributed by atoms with van der Waals surface area (Å²) in [7, 11) is 0. The van der Waals surface area contributed by atoms with Crippen LogP contribution in [0.4, 0.5) is 13.2 Å². The normalized spacial score (nSPS) is 12.8. The van der Waals surface area contributed by atoms with Crippen LogP contribution < -0.4 is 5.73 Å². The van der Waals surface area contributed by atoms with E-state index in [1.54, 1.807) is 26.8 Å². The monoisotopic (exact) mass is 307 g/mol. The van der Waals surface area contributed by atoms with Crippen molar-refractivity contribution in [2.24, 2.45) is 5.73 Å². The second-order valence-corrected chi connectivity index (χ2v) is 6.40. The summed E-state index contributed by atoms with van der Waals surface area (Å²) in [6, 6.07) is 3.06. The van der Waals surface area contributed by atoms with Gasteiger partial charge in [-0.2, -0.15) is 13.2 Å². The number of alkyl halides is 3. The van der Waals surface area contributed by atoms with Crippen LogP contribution in [0.2, 0.25) is 5.02 Å². The van der Waals surface area contributed by atoms with Crippen molar-refractivity contribution < 1.29 is 13.2 Å².